The Labute approximate surface area is 134 Å². The Hall–Kier alpha value is -1.09. The SMILES string of the molecule is O=C(CBr)c1cc2cc(Cl)ccc2c2c(Cl)cccc12. The lowest BCUT2D eigenvalue weighted by atomic mass is 9.95. The van der Waals surface area contributed by atoms with Gasteiger partial charge in [0.1, 0.15) is 0 Å². The number of hydrogen-bond acceptors (Lipinski definition) is 1. The van der Waals surface area contributed by atoms with Crippen molar-refractivity contribution in [1.82, 2.24) is 0 Å². The molecule has 0 atom stereocenters. The van der Waals surface area contributed by atoms with Crippen LogP contribution in [0.1, 0.15) is 10.4 Å². The maximum Gasteiger partial charge on any atom is 0.174 e. The van der Waals surface area contributed by atoms with Crippen molar-refractivity contribution in [1.29, 1.82) is 0 Å². The number of carbonyl (C=O) groups excluding carboxylic acids is 1. The third kappa shape index (κ3) is 2.22. The predicted octanol–water partition coefficient (Wildman–Crippen LogP) is 5.88. The summed E-state index contributed by atoms with van der Waals surface area (Å²) in [5.41, 5.74) is 0.661. The van der Waals surface area contributed by atoms with E-state index in [4.69, 9.17) is 23.2 Å². The standard InChI is InChI=1S/C16H9BrCl2O/c17-8-15(20)13-7-9-6-10(18)4-5-11(9)16-12(13)2-1-3-14(16)19/h1-7H,8H2. The quantitative estimate of drug-likeness (QED) is 0.314. The predicted molar refractivity (Wildman–Crippen MR) is 89.6 cm³/mol. The number of rotatable bonds is 2. The first-order chi connectivity index (χ1) is 9.61. The van der Waals surface area contributed by atoms with Gasteiger partial charge in [-0.15, -0.1) is 0 Å². The smallest absolute Gasteiger partial charge is 0.174 e. The van der Waals surface area contributed by atoms with E-state index in [0.29, 0.717) is 15.6 Å². The second kappa shape index (κ2) is 5.36. The molecule has 0 aliphatic carbocycles. The number of hydrogen-bond donors (Lipinski definition) is 0. The number of fused-ring (bicyclic) bond motifs is 3. The van der Waals surface area contributed by atoms with Crippen LogP contribution in [0.3, 0.4) is 0 Å². The van der Waals surface area contributed by atoms with Crippen LogP contribution in [-0.2, 0) is 0 Å². The van der Waals surface area contributed by atoms with Crippen molar-refractivity contribution in [2.24, 2.45) is 0 Å². The van der Waals surface area contributed by atoms with E-state index in [0.717, 1.165) is 21.5 Å². The summed E-state index contributed by atoms with van der Waals surface area (Å²) >= 11 is 15.6. The number of benzene rings is 3. The van der Waals surface area contributed by atoms with Gasteiger partial charge in [-0.25, -0.2) is 0 Å². The minimum absolute atomic E-state index is 0.0270. The van der Waals surface area contributed by atoms with Gasteiger partial charge in [-0.3, -0.25) is 4.79 Å². The average molecular weight is 368 g/mol. The van der Waals surface area contributed by atoms with Crippen molar-refractivity contribution in [2.75, 3.05) is 5.33 Å². The molecule has 0 aliphatic rings. The molecule has 0 aliphatic heterocycles. The lowest BCUT2D eigenvalue weighted by molar-refractivity contribution is 0.102. The van der Waals surface area contributed by atoms with Crippen LogP contribution < -0.4 is 0 Å². The van der Waals surface area contributed by atoms with Crippen molar-refractivity contribution < 1.29 is 4.79 Å². The summed E-state index contributed by atoms with van der Waals surface area (Å²) in [6, 6.07) is 13.1. The zero-order valence-corrected chi connectivity index (χ0v) is 13.4. The summed E-state index contributed by atoms with van der Waals surface area (Å²) in [6.45, 7) is 0. The van der Waals surface area contributed by atoms with Gasteiger partial charge in [-0.1, -0.05) is 57.3 Å². The van der Waals surface area contributed by atoms with E-state index in [1.165, 1.54) is 0 Å². The number of ketones is 1. The van der Waals surface area contributed by atoms with Crippen molar-refractivity contribution >= 4 is 66.5 Å². The average Bonchev–Trinajstić information content (AvgIpc) is 2.45. The highest BCUT2D eigenvalue weighted by Crippen LogP contribution is 2.35. The topological polar surface area (TPSA) is 17.1 Å². The molecule has 4 heteroatoms. The van der Waals surface area contributed by atoms with E-state index >= 15 is 0 Å². The number of Topliss-reactive ketones (excluding diaryl/α,β-unsaturated/α-hetero) is 1. The Morgan fingerprint density at radius 1 is 1.05 bits per heavy atom. The first kappa shape index (κ1) is 13.9. The maximum atomic E-state index is 12.1. The molecule has 0 saturated heterocycles. The minimum atomic E-state index is 0.0270. The van der Waals surface area contributed by atoms with Gasteiger partial charge in [0, 0.05) is 21.0 Å². The van der Waals surface area contributed by atoms with Gasteiger partial charge < -0.3 is 0 Å². The minimum Gasteiger partial charge on any atom is -0.293 e. The molecule has 0 N–H and O–H groups in total. The molecule has 100 valence electrons. The molecule has 20 heavy (non-hydrogen) atoms. The van der Waals surface area contributed by atoms with Crippen LogP contribution in [0, 0.1) is 0 Å². The van der Waals surface area contributed by atoms with Gasteiger partial charge >= 0.3 is 0 Å². The molecular formula is C16H9BrCl2O. The third-order valence-corrected chi connectivity index (χ3v) is 4.37. The highest BCUT2D eigenvalue weighted by Gasteiger charge is 2.14. The maximum absolute atomic E-state index is 12.1. The van der Waals surface area contributed by atoms with Gasteiger partial charge in [0.05, 0.1) is 5.33 Å². The summed E-state index contributed by atoms with van der Waals surface area (Å²) in [4.78, 5) is 12.1. The molecule has 0 heterocycles. The van der Waals surface area contributed by atoms with Gasteiger partial charge in [0.25, 0.3) is 0 Å². The van der Waals surface area contributed by atoms with E-state index in [2.05, 4.69) is 15.9 Å². The monoisotopic (exact) mass is 366 g/mol. The summed E-state index contributed by atoms with van der Waals surface area (Å²) in [5.74, 6) is 0.0270. The van der Waals surface area contributed by atoms with E-state index in [-0.39, 0.29) is 11.1 Å². The molecule has 3 rings (SSSR count). The molecule has 0 aromatic heterocycles. The molecule has 0 bridgehead atoms. The van der Waals surface area contributed by atoms with Crippen LogP contribution >= 0.6 is 39.1 Å². The van der Waals surface area contributed by atoms with Crippen LogP contribution in [-0.4, -0.2) is 11.1 Å². The van der Waals surface area contributed by atoms with Crippen LogP contribution in [0.4, 0.5) is 0 Å². The largest absolute Gasteiger partial charge is 0.293 e. The fraction of sp³-hybridized carbons (Fsp3) is 0.0625. The van der Waals surface area contributed by atoms with E-state index in [9.17, 15) is 4.79 Å². The van der Waals surface area contributed by atoms with Gasteiger partial charge in [-0.05, 0) is 40.4 Å². The van der Waals surface area contributed by atoms with Gasteiger partial charge in [-0.2, -0.15) is 0 Å². The molecule has 3 aromatic rings. The molecule has 0 saturated carbocycles. The van der Waals surface area contributed by atoms with E-state index in [1.807, 2.05) is 42.5 Å². The Bertz CT molecular complexity index is 843. The first-order valence-corrected chi connectivity index (χ1v) is 7.89. The normalized spacial score (nSPS) is 11.2. The summed E-state index contributed by atoms with van der Waals surface area (Å²) in [5, 5.41) is 5.24. The molecule has 3 aromatic carbocycles. The second-order valence-electron chi connectivity index (χ2n) is 4.51. The van der Waals surface area contributed by atoms with Crippen molar-refractivity contribution in [2.45, 2.75) is 0 Å². The molecule has 0 unspecified atom stereocenters. The van der Waals surface area contributed by atoms with E-state index in [1.54, 1.807) is 0 Å². The molecule has 0 spiro atoms. The van der Waals surface area contributed by atoms with Crippen LogP contribution in [0.2, 0.25) is 10.0 Å². The summed E-state index contributed by atoms with van der Waals surface area (Å²) < 4.78 is 0. The summed E-state index contributed by atoms with van der Waals surface area (Å²) in [7, 11) is 0. The van der Waals surface area contributed by atoms with Crippen molar-refractivity contribution in [3.05, 3.63) is 58.1 Å². The van der Waals surface area contributed by atoms with Crippen LogP contribution in [0.15, 0.2) is 42.5 Å². The zero-order chi connectivity index (χ0) is 14.3. The van der Waals surface area contributed by atoms with Crippen molar-refractivity contribution in [3.63, 3.8) is 0 Å². The molecular weight excluding hydrogens is 359 g/mol. The highest BCUT2D eigenvalue weighted by molar-refractivity contribution is 9.09. The fourth-order valence-electron chi connectivity index (χ4n) is 2.44. The number of carbonyl (C=O) groups is 1. The lowest BCUT2D eigenvalue weighted by Gasteiger charge is -2.10. The van der Waals surface area contributed by atoms with E-state index < -0.39 is 0 Å². The fourth-order valence-corrected chi connectivity index (χ4v) is 3.20. The Balaban J connectivity index is 2.55. The van der Waals surface area contributed by atoms with Crippen molar-refractivity contribution in [3.8, 4) is 0 Å². The molecule has 0 fully saturated rings. The van der Waals surface area contributed by atoms with Crippen LogP contribution in [0.5, 0.6) is 0 Å². The highest BCUT2D eigenvalue weighted by atomic mass is 79.9. The van der Waals surface area contributed by atoms with Crippen LogP contribution in [0.25, 0.3) is 21.5 Å². The number of halogens is 3. The summed E-state index contributed by atoms with van der Waals surface area (Å²) in [6.07, 6.45) is 0. The third-order valence-electron chi connectivity index (χ3n) is 3.31. The Kier molecular flexibility index (Phi) is 3.72. The molecule has 0 radical (unpaired) electrons. The van der Waals surface area contributed by atoms with Gasteiger partial charge in [0.15, 0.2) is 5.78 Å². The first-order valence-electron chi connectivity index (χ1n) is 6.01. The Morgan fingerprint density at radius 3 is 2.60 bits per heavy atom. The van der Waals surface area contributed by atoms with Gasteiger partial charge in [0.2, 0.25) is 0 Å². The lowest BCUT2D eigenvalue weighted by Crippen LogP contribution is -2.01. The molecule has 0 amide bonds. The number of alkyl halides is 1. The second-order valence-corrected chi connectivity index (χ2v) is 5.91. The molecule has 1 nitrogen and oxygen atoms in total. The Morgan fingerprint density at radius 2 is 1.85 bits per heavy atom. The zero-order valence-electron chi connectivity index (χ0n) is 10.3.